The first-order valence-electron chi connectivity index (χ1n) is 5.46. The van der Waals surface area contributed by atoms with Crippen molar-refractivity contribution < 1.29 is 9.18 Å². The van der Waals surface area contributed by atoms with Crippen LogP contribution >= 0.6 is 27.5 Å². The van der Waals surface area contributed by atoms with Gasteiger partial charge in [0.05, 0.1) is 10.6 Å². The van der Waals surface area contributed by atoms with Gasteiger partial charge in [-0.3, -0.25) is 4.79 Å². The van der Waals surface area contributed by atoms with Crippen molar-refractivity contribution in [3.8, 4) is 0 Å². The quantitative estimate of drug-likeness (QED) is 0.500. The van der Waals surface area contributed by atoms with Gasteiger partial charge in [0.2, 0.25) is 0 Å². The van der Waals surface area contributed by atoms with Crippen LogP contribution in [0.4, 0.5) is 10.1 Å². The smallest absolute Gasteiger partial charge is 0.196 e. The van der Waals surface area contributed by atoms with E-state index in [4.69, 9.17) is 17.3 Å². The summed E-state index contributed by atoms with van der Waals surface area (Å²) in [7, 11) is 0. The van der Waals surface area contributed by atoms with E-state index in [9.17, 15) is 9.18 Å². The number of halogens is 3. The van der Waals surface area contributed by atoms with Crippen LogP contribution in [0.2, 0.25) is 5.02 Å². The number of rotatable bonds is 2. The molecule has 2 N–H and O–H groups in total. The molecule has 0 radical (unpaired) electrons. The first-order chi connectivity index (χ1) is 8.91. The summed E-state index contributed by atoms with van der Waals surface area (Å²) < 4.78 is 14.4. The lowest BCUT2D eigenvalue weighted by Crippen LogP contribution is -2.06. The third kappa shape index (κ3) is 2.65. The Balaban J connectivity index is 2.50. The largest absolute Gasteiger partial charge is 0.399 e. The Morgan fingerprint density at radius 3 is 2.63 bits per heavy atom. The van der Waals surface area contributed by atoms with Crippen LogP contribution in [0.3, 0.4) is 0 Å². The molecular weight excluding hydrogens is 333 g/mol. The molecule has 0 heterocycles. The Kier molecular flexibility index (Phi) is 3.92. The lowest BCUT2D eigenvalue weighted by atomic mass is 10.0. The predicted molar refractivity (Wildman–Crippen MR) is 78.1 cm³/mol. The van der Waals surface area contributed by atoms with Gasteiger partial charge in [-0.1, -0.05) is 11.6 Å². The second-order valence-electron chi connectivity index (χ2n) is 4.12. The molecule has 5 heteroatoms. The highest BCUT2D eigenvalue weighted by molar-refractivity contribution is 9.10. The molecule has 0 unspecified atom stereocenters. The summed E-state index contributed by atoms with van der Waals surface area (Å²) in [6, 6.07) is 7.77. The maximum atomic E-state index is 14.0. The standard InChI is InChI=1S/C14H10BrClFNO/c1-7-6-8(2-5-11(7)18)14(19)9-3-4-10(15)12(16)13(9)17/h2-6H,18H2,1H3. The number of aryl methyl sites for hydroxylation is 1. The normalized spacial score (nSPS) is 10.5. The van der Waals surface area contributed by atoms with Crippen LogP contribution in [0.25, 0.3) is 0 Å². The molecule has 19 heavy (non-hydrogen) atoms. The van der Waals surface area contributed by atoms with Crippen LogP contribution in [0.5, 0.6) is 0 Å². The Bertz CT molecular complexity index is 673. The van der Waals surface area contributed by atoms with Crippen molar-refractivity contribution in [2.24, 2.45) is 0 Å². The zero-order valence-corrected chi connectivity index (χ0v) is 12.3. The summed E-state index contributed by atoms with van der Waals surface area (Å²) in [6.45, 7) is 1.79. The topological polar surface area (TPSA) is 43.1 Å². The average Bonchev–Trinajstić information content (AvgIpc) is 2.39. The van der Waals surface area contributed by atoms with E-state index in [1.165, 1.54) is 6.07 Å². The maximum Gasteiger partial charge on any atom is 0.196 e. The summed E-state index contributed by atoms with van der Waals surface area (Å²) in [6.07, 6.45) is 0. The SMILES string of the molecule is Cc1cc(C(=O)c2ccc(Br)c(Cl)c2F)ccc1N. The number of ketones is 1. The number of benzene rings is 2. The van der Waals surface area contributed by atoms with Gasteiger partial charge in [-0.15, -0.1) is 0 Å². The summed E-state index contributed by atoms with van der Waals surface area (Å²) in [5.74, 6) is -1.15. The van der Waals surface area contributed by atoms with Crippen molar-refractivity contribution >= 4 is 39.0 Å². The van der Waals surface area contributed by atoms with Gasteiger partial charge in [0.25, 0.3) is 0 Å². The molecule has 0 aromatic heterocycles. The van der Waals surface area contributed by atoms with E-state index in [1.807, 2.05) is 0 Å². The van der Waals surface area contributed by atoms with Crippen molar-refractivity contribution in [2.45, 2.75) is 6.92 Å². The number of nitrogen functional groups attached to an aromatic ring is 1. The zero-order chi connectivity index (χ0) is 14.2. The molecule has 0 bridgehead atoms. The Hall–Kier alpha value is -1.39. The summed E-state index contributed by atoms with van der Waals surface area (Å²) in [4.78, 5) is 12.2. The minimum Gasteiger partial charge on any atom is -0.399 e. The van der Waals surface area contributed by atoms with Crippen LogP contribution in [0.1, 0.15) is 21.5 Å². The Morgan fingerprint density at radius 2 is 2.00 bits per heavy atom. The van der Waals surface area contributed by atoms with Gasteiger partial charge in [0.1, 0.15) is 0 Å². The molecule has 0 spiro atoms. The number of carbonyl (C=O) groups is 1. The fourth-order valence-electron chi connectivity index (χ4n) is 1.67. The van der Waals surface area contributed by atoms with E-state index in [-0.39, 0.29) is 10.6 Å². The highest BCUT2D eigenvalue weighted by Crippen LogP contribution is 2.29. The Labute approximate surface area is 123 Å². The summed E-state index contributed by atoms with van der Waals surface area (Å²) >= 11 is 8.88. The first-order valence-corrected chi connectivity index (χ1v) is 6.63. The number of hydrogen-bond acceptors (Lipinski definition) is 2. The summed E-state index contributed by atoms with van der Waals surface area (Å²) in [5, 5.41) is -0.0991. The second kappa shape index (κ2) is 5.31. The number of nitrogens with two attached hydrogens (primary N) is 1. The first kappa shape index (κ1) is 14.0. The van der Waals surface area contributed by atoms with E-state index in [2.05, 4.69) is 15.9 Å². The molecule has 0 aliphatic carbocycles. The second-order valence-corrected chi connectivity index (χ2v) is 5.36. The van der Waals surface area contributed by atoms with E-state index < -0.39 is 11.6 Å². The van der Waals surface area contributed by atoms with Gasteiger partial charge in [0.15, 0.2) is 11.6 Å². The molecule has 2 nitrogen and oxygen atoms in total. The van der Waals surface area contributed by atoms with E-state index in [0.29, 0.717) is 15.7 Å². The maximum absolute atomic E-state index is 14.0. The highest BCUT2D eigenvalue weighted by atomic mass is 79.9. The van der Waals surface area contributed by atoms with Crippen molar-refractivity contribution in [3.63, 3.8) is 0 Å². The monoisotopic (exact) mass is 341 g/mol. The van der Waals surface area contributed by atoms with Crippen molar-refractivity contribution in [1.82, 2.24) is 0 Å². The van der Waals surface area contributed by atoms with E-state index in [0.717, 1.165) is 5.56 Å². The van der Waals surface area contributed by atoms with Gasteiger partial charge < -0.3 is 5.73 Å². The molecule has 0 aliphatic rings. The fraction of sp³-hybridized carbons (Fsp3) is 0.0714. The number of anilines is 1. The average molecular weight is 343 g/mol. The predicted octanol–water partition coefficient (Wildman–Crippen LogP) is 4.36. The van der Waals surface area contributed by atoms with Gasteiger partial charge in [-0.05, 0) is 58.7 Å². The molecule has 0 saturated heterocycles. The van der Waals surface area contributed by atoms with Gasteiger partial charge in [-0.2, -0.15) is 0 Å². The molecule has 2 aromatic rings. The lowest BCUT2D eigenvalue weighted by Gasteiger charge is -2.07. The molecule has 0 amide bonds. The van der Waals surface area contributed by atoms with Crippen molar-refractivity contribution in [3.05, 3.63) is 62.3 Å². The van der Waals surface area contributed by atoms with Crippen LogP contribution in [-0.2, 0) is 0 Å². The minimum absolute atomic E-state index is 0.0580. The minimum atomic E-state index is -0.726. The molecule has 0 atom stereocenters. The van der Waals surface area contributed by atoms with Crippen LogP contribution in [0, 0.1) is 12.7 Å². The van der Waals surface area contributed by atoms with Gasteiger partial charge >= 0.3 is 0 Å². The number of carbonyl (C=O) groups excluding carboxylic acids is 1. The van der Waals surface area contributed by atoms with Crippen molar-refractivity contribution in [1.29, 1.82) is 0 Å². The van der Waals surface area contributed by atoms with Crippen molar-refractivity contribution in [2.75, 3.05) is 5.73 Å². The molecule has 98 valence electrons. The van der Waals surface area contributed by atoms with E-state index in [1.54, 1.807) is 31.2 Å². The molecular formula is C14H10BrClFNO. The van der Waals surface area contributed by atoms with Gasteiger partial charge in [0, 0.05) is 15.7 Å². The molecule has 0 fully saturated rings. The van der Waals surface area contributed by atoms with Crippen LogP contribution in [-0.4, -0.2) is 5.78 Å². The van der Waals surface area contributed by atoms with Crippen LogP contribution < -0.4 is 5.73 Å². The highest BCUT2D eigenvalue weighted by Gasteiger charge is 2.18. The molecule has 0 aliphatic heterocycles. The lowest BCUT2D eigenvalue weighted by molar-refractivity contribution is 0.103. The zero-order valence-electron chi connectivity index (χ0n) is 10.0. The fourth-order valence-corrected chi connectivity index (χ4v) is 2.14. The van der Waals surface area contributed by atoms with Gasteiger partial charge in [-0.25, -0.2) is 4.39 Å². The van der Waals surface area contributed by atoms with Crippen LogP contribution in [0.15, 0.2) is 34.8 Å². The van der Waals surface area contributed by atoms with E-state index >= 15 is 0 Å². The summed E-state index contributed by atoms with van der Waals surface area (Å²) in [5.41, 5.74) is 7.37. The molecule has 2 aromatic carbocycles. The Morgan fingerprint density at radius 1 is 1.32 bits per heavy atom. The number of hydrogen-bond donors (Lipinski definition) is 1. The molecule has 2 rings (SSSR count). The molecule has 0 saturated carbocycles. The third-order valence-corrected chi connectivity index (χ3v) is 4.07. The third-order valence-electron chi connectivity index (χ3n) is 2.81.